The number of carbonyl (C=O) groups excluding carboxylic acids is 1. The molecule has 19 heavy (non-hydrogen) atoms. The molecule has 0 saturated heterocycles. The van der Waals surface area contributed by atoms with Crippen LogP contribution in [0.2, 0.25) is 0 Å². The van der Waals surface area contributed by atoms with E-state index in [1.165, 1.54) is 19.3 Å². The van der Waals surface area contributed by atoms with Crippen LogP contribution in [-0.4, -0.2) is 19.2 Å². The van der Waals surface area contributed by atoms with Gasteiger partial charge in [0, 0.05) is 13.0 Å². The Morgan fingerprint density at radius 1 is 1.26 bits per heavy atom. The topological polar surface area (TPSA) is 38.3 Å². The number of ether oxygens (including phenoxy) is 1. The molecule has 1 atom stereocenters. The molecule has 3 heteroatoms. The van der Waals surface area contributed by atoms with Crippen LogP contribution in [0.1, 0.15) is 37.7 Å². The van der Waals surface area contributed by atoms with Gasteiger partial charge in [0.1, 0.15) is 6.23 Å². The first kappa shape index (κ1) is 14.1. The highest BCUT2D eigenvalue weighted by Crippen LogP contribution is 2.26. The molecule has 1 aromatic rings. The van der Waals surface area contributed by atoms with E-state index in [9.17, 15) is 4.79 Å². The van der Waals surface area contributed by atoms with Crippen LogP contribution in [0.4, 0.5) is 0 Å². The van der Waals surface area contributed by atoms with Gasteiger partial charge in [0.25, 0.3) is 0 Å². The molecule has 0 aromatic heterocycles. The van der Waals surface area contributed by atoms with E-state index in [-0.39, 0.29) is 12.1 Å². The zero-order valence-corrected chi connectivity index (χ0v) is 11.6. The summed E-state index contributed by atoms with van der Waals surface area (Å²) in [7, 11) is 1.68. The number of benzene rings is 1. The smallest absolute Gasteiger partial charge is 0.226 e. The molecule has 1 aromatic carbocycles. The normalized spacial score (nSPS) is 17.9. The van der Waals surface area contributed by atoms with Crippen molar-refractivity contribution < 1.29 is 9.53 Å². The maximum absolute atomic E-state index is 12.0. The van der Waals surface area contributed by atoms with Crippen LogP contribution in [-0.2, 0) is 16.0 Å². The second-order valence-electron chi connectivity index (χ2n) is 5.28. The van der Waals surface area contributed by atoms with Gasteiger partial charge in [-0.05, 0) is 18.4 Å². The Morgan fingerprint density at radius 3 is 2.58 bits per heavy atom. The number of hydrogen-bond acceptors (Lipinski definition) is 2. The highest BCUT2D eigenvalue weighted by Gasteiger charge is 2.24. The van der Waals surface area contributed by atoms with E-state index < -0.39 is 0 Å². The summed E-state index contributed by atoms with van der Waals surface area (Å²) >= 11 is 0. The van der Waals surface area contributed by atoms with Crippen LogP contribution in [0.25, 0.3) is 0 Å². The van der Waals surface area contributed by atoms with E-state index >= 15 is 0 Å². The van der Waals surface area contributed by atoms with Crippen molar-refractivity contribution in [3.05, 3.63) is 35.9 Å². The lowest BCUT2D eigenvalue weighted by atomic mass is 9.88. The molecule has 1 aliphatic carbocycles. The molecule has 2 rings (SSSR count). The first-order valence-corrected chi connectivity index (χ1v) is 7.15. The number of hydrogen-bond donors (Lipinski definition) is 1. The molecule has 1 amide bonds. The Morgan fingerprint density at radius 2 is 1.95 bits per heavy atom. The third-order valence-electron chi connectivity index (χ3n) is 3.84. The van der Waals surface area contributed by atoms with Crippen molar-refractivity contribution in [3.63, 3.8) is 0 Å². The summed E-state index contributed by atoms with van der Waals surface area (Å²) in [5.41, 5.74) is 1.04. The van der Waals surface area contributed by atoms with Gasteiger partial charge in [0.2, 0.25) is 5.91 Å². The van der Waals surface area contributed by atoms with Crippen molar-refractivity contribution in [3.8, 4) is 0 Å². The molecule has 1 saturated carbocycles. The third-order valence-corrected chi connectivity index (χ3v) is 3.84. The van der Waals surface area contributed by atoms with Crippen LogP contribution in [0.5, 0.6) is 0 Å². The molecule has 0 aliphatic heterocycles. The predicted molar refractivity (Wildman–Crippen MR) is 75.7 cm³/mol. The molecule has 3 nitrogen and oxygen atoms in total. The van der Waals surface area contributed by atoms with Crippen LogP contribution < -0.4 is 5.32 Å². The van der Waals surface area contributed by atoms with Crippen LogP contribution in [0.3, 0.4) is 0 Å². The Bertz CT molecular complexity index is 385. The first-order chi connectivity index (χ1) is 9.29. The molecule has 0 radical (unpaired) electrons. The van der Waals surface area contributed by atoms with Crippen molar-refractivity contribution in [2.24, 2.45) is 5.92 Å². The molecule has 1 unspecified atom stereocenters. The largest absolute Gasteiger partial charge is 0.361 e. The van der Waals surface area contributed by atoms with Crippen LogP contribution in [0, 0.1) is 5.92 Å². The molecule has 0 spiro atoms. The average Bonchev–Trinajstić information content (AvgIpc) is 2.47. The summed E-state index contributed by atoms with van der Waals surface area (Å²) in [6.45, 7) is 0. The molecule has 104 valence electrons. The Hall–Kier alpha value is -1.35. The second kappa shape index (κ2) is 7.29. The highest BCUT2D eigenvalue weighted by molar-refractivity contribution is 5.78. The first-order valence-electron chi connectivity index (χ1n) is 7.15. The molecule has 0 heterocycles. The van der Waals surface area contributed by atoms with E-state index in [2.05, 4.69) is 5.32 Å². The van der Waals surface area contributed by atoms with Crippen molar-refractivity contribution in [1.82, 2.24) is 5.32 Å². The molecule has 0 bridgehead atoms. The average molecular weight is 261 g/mol. The lowest BCUT2D eigenvalue weighted by molar-refractivity contribution is -0.126. The molecular weight excluding hydrogens is 238 g/mol. The second-order valence-corrected chi connectivity index (χ2v) is 5.28. The van der Waals surface area contributed by atoms with Crippen molar-refractivity contribution in [1.29, 1.82) is 0 Å². The maximum atomic E-state index is 12.0. The van der Waals surface area contributed by atoms with E-state index in [0.717, 1.165) is 18.4 Å². The maximum Gasteiger partial charge on any atom is 0.226 e. The van der Waals surface area contributed by atoms with Gasteiger partial charge in [0.15, 0.2) is 0 Å². The van der Waals surface area contributed by atoms with Gasteiger partial charge in [-0.2, -0.15) is 0 Å². The predicted octanol–water partition coefficient (Wildman–Crippen LogP) is 2.90. The number of methoxy groups -OCH3 is 1. The number of carbonyl (C=O) groups is 1. The minimum absolute atomic E-state index is 0.0450. The SMILES string of the molecule is COC(NC(=O)Cc1ccccc1)C1CCCCC1. The molecule has 1 aliphatic rings. The Kier molecular flexibility index (Phi) is 5.40. The molecule has 1 N–H and O–H groups in total. The minimum Gasteiger partial charge on any atom is -0.361 e. The van der Waals surface area contributed by atoms with Crippen molar-refractivity contribution >= 4 is 5.91 Å². The number of nitrogens with one attached hydrogen (secondary N) is 1. The number of amides is 1. The fourth-order valence-electron chi connectivity index (χ4n) is 2.80. The van der Waals surface area contributed by atoms with Gasteiger partial charge in [-0.25, -0.2) is 0 Å². The Labute approximate surface area is 115 Å². The van der Waals surface area contributed by atoms with Crippen molar-refractivity contribution in [2.75, 3.05) is 7.11 Å². The Balaban J connectivity index is 1.85. The lowest BCUT2D eigenvalue weighted by Crippen LogP contribution is -2.43. The monoisotopic (exact) mass is 261 g/mol. The fourth-order valence-corrected chi connectivity index (χ4v) is 2.80. The van der Waals surface area contributed by atoms with Crippen molar-refractivity contribution in [2.45, 2.75) is 44.8 Å². The summed E-state index contributed by atoms with van der Waals surface area (Å²) in [6, 6.07) is 9.82. The lowest BCUT2D eigenvalue weighted by Gasteiger charge is -2.29. The van der Waals surface area contributed by atoms with E-state index in [0.29, 0.717) is 12.3 Å². The number of rotatable bonds is 5. The van der Waals surface area contributed by atoms with Crippen LogP contribution >= 0.6 is 0 Å². The molecular formula is C16H23NO2. The van der Waals surface area contributed by atoms with Gasteiger partial charge in [-0.1, -0.05) is 49.6 Å². The zero-order valence-electron chi connectivity index (χ0n) is 11.6. The summed E-state index contributed by atoms with van der Waals surface area (Å²) in [4.78, 5) is 12.0. The van der Waals surface area contributed by atoms with E-state index in [4.69, 9.17) is 4.74 Å². The molecule has 1 fully saturated rings. The zero-order chi connectivity index (χ0) is 13.5. The van der Waals surface area contributed by atoms with Gasteiger partial charge >= 0.3 is 0 Å². The third kappa shape index (κ3) is 4.35. The summed E-state index contributed by atoms with van der Waals surface area (Å²) in [6.07, 6.45) is 6.42. The van der Waals surface area contributed by atoms with E-state index in [1.807, 2.05) is 30.3 Å². The fraction of sp³-hybridized carbons (Fsp3) is 0.562. The van der Waals surface area contributed by atoms with E-state index in [1.54, 1.807) is 7.11 Å². The van der Waals surface area contributed by atoms with Gasteiger partial charge in [-0.3, -0.25) is 4.79 Å². The van der Waals surface area contributed by atoms with Gasteiger partial charge in [-0.15, -0.1) is 0 Å². The highest BCUT2D eigenvalue weighted by atomic mass is 16.5. The standard InChI is InChI=1S/C16H23NO2/c1-19-16(14-10-6-3-7-11-14)17-15(18)12-13-8-4-2-5-9-13/h2,4-5,8-9,14,16H,3,6-7,10-12H2,1H3,(H,17,18). The van der Waals surface area contributed by atoms with Crippen LogP contribution in [0.15, 0.2) is 30.3 Å². The summed E-state index contributed by atoms with van der Waals surface area (Å²) < 4.78 is 5.47. The minimum atomic E-state index is -0.128. The van der Waals surface area contributed by atoms with Gasteiger partial charge < -0.3 is 10.1 Å². The quantitative estimate of drug-likeness (QED) is 0.828. The van der Waals surface area contributed by atoms with Gasteiger partial charge in [0.05, 0.1) is 6.42 Å². The summed E-state index contributed by atoms with van der Waals surface area (Å²) in [5.74, 6) is 0.516. The summed E-state index contributed by atoms with van der Waals surface area (Å²) in [5, 5.41) is 3.02.